The van der Waals surface area contributed by atoms with E-state index in [1.54, 1.807) is 12.1 Å². The monoisotopic (exact) mass is 234 g/mol. The smallest absolute Gasteiger partial charge is 0.126 e. The molecule has 2 atom stereocenters. The Hall–Kier alpha value is -0.890. The molecule has 1 nitrogen and oxygen atoms in total. The Kier molecular flexibility index (Phi) is 2.70. The molecule has 2 heteroatoms. The lowest BCUT2D eigenvalue weighted by atomic mass is 9.79. The van der Waals surface area contributed by atoms with E-state index in [4.69, 9.17) is 0 Å². The Morgan fingerprint density at radius 3 is 2.53 bits per heavy atom. The second-order valence-corrected chi connectivity index (χ2v) is 5.59. The van der Waals surface area contributed by atoms with Crippen LogP contribution in [0.3, 0.4) is 0 Å². The highest BCUT2D eigenvalue weighted by atomic mass is 19.1. The van der Waals surface area contributed by atoms with Crippen LogP contribution in [0.25, 0.3) is 0 Å². The SMILES string of the molecule is OCC1CC1(c1ccccc1F)C1CCCC1. The molecule has 2 fully saturated rings. The molecule has 0 aromatic heterocycles. The summed E-state index contributed by atoms with van der Waals surface area (Å²) in [4.78, 5) is 0. The molecule has 0 spiro atoms. The van der Waals surface area contributed by atoms with Crippen molar-refractivity contribution in [1.29, 1.82) is 0 Å². The predicted octanol–water partition coefficient (Wildman–Crippen LogP) is 3.27. The molecular weight excluding hydrogens is 215 g/mol. The van der Waals surface area contributed by atoms with Crippen molar-refractivity contribution in [3.05, 3.63) is 35.6 Å². The molecule has 0 bridgehead atoms. The Bertz CT molecular complexity index is 411. The van der Waals surface area contributed by atoms with Gasteiger partial charge in [0.15, 0.2) is 0 Å². The van der Waals surface area contributed by atoms with E-state index >= 15 is 0 Å². The summed E-state index contributed by atoms with van der Waals surface area (Å²) in [5.41, 5.74) is 0.808. The number of hydrogen-bond donors (Lipinski definition) is 1. The highest BCUT2D eigenvalue weighted by Crippen LogP contribution is 2.63. The number of benzene rings is 1. The first kappa shape index (κ1) is 11.2. The maximum absolute atomic E-state index is 14.0. The van der Waals surface area contributed by atoms with Crippen LogP contribution < -0.4 is 0 Å². The van der Waals surface area contributed by atoms with Crippen molar-refractivity contribution in [3.8, 4) is 0 Å². The fraction of sp³-hybridized carbons (Fsp3) is 0.600. The molecule has 17 heavy (non-hydrogen) atoms. The van der Waals surface area contributed by atoms with Gasteiger partial charge < -0.3 is 5.11 Å². The summed E-state index contributed by atoms with van der Waals surface area (Å²) in [6, 6.07) is 7.14. The minimum absolute atomic E-state index is 0.0450. The molecule has 2 aliphatic rings. The normalized spacial score (nSPS) is 32.9. The number of rotatable bonds is 3. The zero-order valence-electron chi connectivity index (χ0n) is 10.0. The topological polar surface area (TPSA) is 20.2 Å². The van der Waals surface area contributed by atoms with E-state index in [1.165, 1.54) is 25.7 Å². The van der Waals surface area contributed by atoms with Gasteiger partial charge in [-0.25, -0.2) is 4.39 Å². The fourth-order valence-corrected chi connectivity index (χ4v) is 3.91. The molecule has 0 amide bonds. The van der Waals surface area contributed by atoms with Crippen molar-refractivity contribution in [2.24, 2.45) is 11.8 Å². The molecule has 0 saturated heterocycles. The van der Waals surface area contributed by atoms with Gasteiger partial charge in [-0.05, 0) is 42.7 Å². The van der Waals surface area contributed by atoms with Gasteiger partial charge in [-0.2, -0.15) is 0 Å². The maximum atomic E-state index is 14.0. The molecule has 2 aliphatic carbocycles. The van der Waals surface area contributed by atoms with Crippen molar-refractivity contribution in [1.82, 2.24) is 0 Å². The summed E-state index contributed by atoms with van der Waals surface area (Å²) in [7, 11) is 0. The average Bonchev–Trinajstić information content (AvgIpc) is 2.83. The third-order valence-corrected chi connectivity index (χ3v) is 4.83. The van der Waals surface area contributed by atoms with Gasteiger partial charge in [0.2, 0.25) is 0 Å². The van der Waals surface area contributed by atoms with Gasteiger partial charge in [0.25, 0.3) is 0 Å². The lowest BCUT2D eigenvalue weighted by Crippen LogP contribution is -2.23. The van der Waals surface area contributed by atoms with Crippen LogP contribution >= 0.6 is 0 Å². The van der Waals surface area contributed by atoms with Gasteiger partial charge in [0, 0.05) is 12.0 Å². The lowest BCUT2D eigenvalue weighted by Gasteiger charge is -2.25. The van der Waals surface area contributed by atoms with Gasteiger partial charge in [0.05, 0.1) is 0 Å². The fourth-order valence-electron chi connectivity index (χ4n) is 3.91. The van der Waals surface area contributed by atoms with Crippen LogP contribution in [0.5, 0.6) is 0 Å². The largest absolute Gasteiger partial charge is 0.396 e. The zero-order chi connectivity index (χ0) is 11.9. The highest BCUT2D eigenvalue weighted by Gasteiger charge is 2.60. The van der Waals surface area contributed by atoms with Gasteiger partial charge in [0.1, 0.15) is 5.82 Å². The van der Waals surface area contributed by atoms with Crippen LogP contribution in [0.4, 0.5) is 4.39 Å². The first-order valence-electron chi connectivity index (χ1n) is 6.65. The van der Waals surface area contributed by atoms with E-state index in [2.05, 4.69) is 0 Å². The summed E-state index contributed by atoms with van der Waals surface area (Å²) in [5.74, 6) is 0.773. The maximum Gasteiger partial charge on any atom is 0.126 e. The number of halogens is 1. The summed E-state index contributed by atoms with van der Waals surface area (Å²) in [5, 5.41) is 9.43. The first-order valence-corrected chi connectivity index (χ1v) is 6.65. The van der Waals surface area contributed by atoms with E-state index < -0.39 is 0 Å². The minimum Gasteiger partial charge on any atom is -0.396 e. The Morgan fingerprint density at radius 1 is 1.24 bits per heavy atom. The zero-order valence-corrected chi connectivity index (χ0v) is 10.0. The molecule has 0 radical (unpaired) electrons. The van der Waals surface area contributed by atoms with E-state index in [0.717, 1.165) is 12.0 Å². The summed E-state index contributed by atoms with van der Waals surface area (Å²) < 4.78 is 14.0. The molecule has 1 N–H and O–H groups in total. The second kappa shape index (κ2) is 4.09. The van der Waals surface area contributed by atoms with Crippen molar-refractivity contribution in [2.45, 2.75) is 37.5 Å². The first-order chi connectivity index (χ1) is 8.29. The van der Waals surface area contributed by atoms with Gasteiger partial charge >= 0.3 is 0 Å². The van der Waals surface area contributed by atoms with Crippen LogP contribution in [0.1, 0.15) is 37.7 Å². The van der Waals surface area contributed by atoms with Gasteiger partial charge in [-0.1, -0.05) is 31.0 Å². The second-order valence-electron chi connectivity index (χ2n) is 5.59. The van der Waals surface area contributed by atoms with Crippen LogP contribution in [-0.2, 0) is 5.41 Å². The van der Waals surface area contributed by atoms with E-state index in [1.807, 2.05) is 12.1 Å². The van der Waals surface area contributed by atoms with Crippen molar-refractivity contribution in [2.75, 3.05) is 6.61 Å². The Balaban J connectivity index is 1.98. The predicted molar refractivity (Wildman–Crippen MR) is 65.2 cm³/mol. The van der Waals surface area contributed by atoms with E-state index in [9.17, 15) is 9.50 Å². The Morgan fingerprint density at radius 2 is 1.94 bits per heavy atom. The Labute approximate surface area is 102 Å². The number of hydrogen-bond acceptors (Lipinski definition) is 1. The van der Waals surface area contributed by atoms with Crippen molar-refractivity contribution in [3.63, 3.8) is 0 Å². The third-order valence-electron chi connectivity index (χ3n) is 4.83. The molecule has 92 valence electrons. The van der Waals surface area contributed by atoms with Crippen molar-refractivity contribution < 1.29 is 9.50 Å². The summed E-state index contributed by atoms with van der Waals surface area (Å²) >= 11 is 0. The van der Waals surface area contributed by atoms with E-state index in [-0.39, 0.29) is 23.8 Å². The minimum atomic E-state index is -0.0876. The molecule has 2 unspecified atom stereocenters. The molecule has 1 aromatic carbocycles. The summed E-state index contributed by atoms with van der Waals surface area (Å²) in [6.07, 6.45) is 5.89. The molecule has 3 rings (SSSR count). The van der Waals surface area contributed by atoms with Crippen LogP contribution in [0, 0.1) is 17.7 Å². The van der Waals surface area contributed by atoms with Gasteiger partial charge in [-0.3, -0.25) is 0 Å². The third kappa shape index (κ3) is 1.61. The molecular formula is C15H19FO. The van der Waals surface area contributed by atoms with Crippen LogP contribution in [-0.4, -0.2) is 11.7 Å². The lowest BCUT2D eigenvalue weighted by molar-refractivity contribution is 0.244. The van der Waals surface area contributed by atoms with Crippen molar-refractivity contribution >= 4 is 0 Å². The molecule has 0 aliphatic heterocycles. The average molecular weight is 234 g/mol. The molecule has 0 heterocycles. The van der Waals surface area contributed by atoms with Crippen LogP contribution in [0.2, 0.25) is 0 Å². The van der Waals surface area contributed by atoms with Gasteiger partial charge in [-0.15, -0.1) is 0 Å². The number of aliphatic hydroxyl groups excluding tert-OH is 1. The standard InChI is InChI=1S/C15H19FO/c16-14-8-4-3-7-13(14)15(9-12(15)10-17)11-5-1-2-6-11/h3-4,7-8,11-12,17H,1-2,5-6,9-10H2. The van der Waals surface area contributed by atoms with E-state index in [0.29, 0.717) is 5.92 Å². The molecule has 2 saturated carbocycles. The highest BCUT2D eigenvalue weighted by molar-refractivity contribution is 5.36. The number of aliphatic hydroxyl groups is 1. The summed E-state index contributed by atoms with van der Waals surface area (Å²) in [6.45, 7) is 0.199. The molecule has 1 aromatic rings. The van der Waals surface area contributed by atoms with Crippen LogP contribution in [0.15, 0.2) is 24.3 Å². The quantitative estimate of drug-likeness (QED) is 0.851.